The Morgan fingerprint density at radius 1 is 0.462 bits per heavy atom. The Hall–Kier alpha value is -5.01. The Bertz CT molecular complexity index is 1650. The van der Waals surface area contributed by atoms with Crippen molar-refractivity contribution < 1.29 is 4.79 Å². The topological polar surface area (TPSA) is 17.1 Å². The normalized spacial score (nSPS) is 12.6. The van der Waals surface area contributed by atoms with E-state index in [1.165, 1.54) is 0 Å². The van der Waals surface area contributed by atoms with Crippen LogP contribution in [0.2, 0.25) is 0 Å². The van der Waals surface area contributed by atoms with E-state index < -0.39 is 0 Å². The summed E-state index contributed by atoms with van der Waals surface area (Å²) in [7, 11) is 0. The summed E-state index contributed by atoms with van der Waals surface area (Å²) in [6.07, 6.45) is 11.5. The number of hydrogen-bond acceptors (Lipinski definition) is 1. The van der Waals surface area contributed by atoms with Crippen molar-refractivity contribution in [2.75, 3.05) is 0 Å². The van der Waals surface area contributed by atoms with Crippen LogP contribution < -0.4 is 0 Å². The first-order valence-electron chi connectivity index (χ1n) is 13.3. The van der Waals surface area contributed by atoms with E-state index in [0.29, 0.717) is 11.1 Å². The summed E-state index contributed by atoms with van der Waals surface area (Å²) < 4.78 is 0. The van der Waals surface area contributed by atoms with Gasteiger partial charge in [-0.25, -0.2) is 0 Å². The van der Waals surface area contributed by atoms with Gasteiger partial charge in [0.1, 0.15) is 0 Å². The summed E-state index contributed by atoms with van der Waals surface area (Å²) in [4.78, 5) is 14.3. The monoisotopic (exact) mass is 500 g/mol. The van der Waals surface area contributed by atoms with E-state index in [0.717, 1.165) is 50.9 Å². The fourth-order valence-electron chi connectivity index (χ4n) is 5.04. The number of carbonyl (C=O) groups excluding carboxylic acids is 1. The van der Waals surface area contributed by atoms with Crippen LogP contribution in [-0.4, -0.2) is 5.78 Å². The second-order valence-electron chi connectivity index (χ2n) is 9.71. The van der Waals surface area contributed by atoms with Crippen LogP contribution in [0.3, 0.4) is 0 Å². The molecule has 0 saturated carbocycles. The molecule has 0 heterocycles. The number of allylic oxidation sites excluding steroid dienone is 6. The smallest absolute Gasteiger partial charge is 0.193 e. The van der Waals surface area contributed by atoms with E-state index in [1.54, 1.807) is 0 Å². The van der Waals surface area contributed by atoms with Crippen LogP contribution in [0.15, 0.2) is 158 Å². The lowest BCUT2D eigenvalue weighted by Gasteiger charge is -2.13. The summed E-state index contributed by atoms with van der Waals surface area (Å²) in [5.74, 6) is 0.0142. The van der Waals surface area contributed by atoms with Gasteiger partial charge in [0, 0.05) is 11.1 Å². The third kappa shape index (κ3) is 5.49. The molecule has 186 valence electrons. The molecule has 0 bridgehead atoms. The van der Waals surface area contributed by atoms with Crippen molar-refractivity contribution >= 4 is 11.4 Å². The van der Waals surface area contributed by atoms with Gasteiger partial charge < -0.3 is 0 Å². The minimum absolute atomic E-state index is 0.0142. The summed E-state index contributed by atoms with van der Waals surface area (Å²) in [5.41, 5.74) is 9.88. The molecule has 39 heavy (non-hydrogen) atoms. The van der Waals surface area contributed by atoms with Crippen molar-refractivity contribution in [3.8, 4) is 33.4 Å². The van der Waals surface area contributed by atoms with Gasteiger partial charge in [0.05, 0.1) is 0 Å². The molecule has 0 aliphatic heterocycles. The molecule has 5 aromatic carbocycles. The molecule has 0 aromatic heterocycles. The number of ketones is 1. The molecule has 0 amide bonds. The van der Waals surface area contributed by atoms with Gasteiger partial charge in [0.15, 0.2) is 5.78 Å². The van der Waals surface area contributed by atoms with Crippen LogP contribution in [0.4, 0.5) is 0 Å². The maximum absolute atomic E-state index is 14.3. The lowest BCUT2D eigenvalue weighted by Crippen LogP contribution is -2.04. The van der Waals surface area contributed by atoms with Gasteiger partial charge in [-0.1, -0.05) is 121 Å². The van der Waals surface area contributed by atoms with Gasteiger partial charge in [-0.05, 0) is 87.3 Å². The van der Waals surface area contributed by atoms with Crippen molar-refractivity contribution in [3.63, 3.8) is 0 Å². The summed E-state index contributed by atoms with van der Waals surface area (Å²) in [6, 6.07) is 43.2. The standard InChI is InChI=1S/C38H28O/c39-38(37-26-34(30-18-10-4-11-19-30)23-35(27-37)31-20-12-5-13-21-31)36-24-32(28-14-6-1-2-7-15-28)22-33(25-36)29-16-8-3-9-17-29/h1-6,8-27H,7H2. The third-order valence-electron chi connectivity index (χ3n) is 7.04. The van der Waals surface area contributed by atoms with Crippen LogP contribution in [0.1, 0.15) is 27.9 Å². The predicted octanol–water partition coefficient (Wildman–Crippen LogP) is 9.82. The molecular weight excluding hydrogens is 472 g/mol. The lowest BCUT2D eigenvalue weighted by molar-refractivity contribution is 0.103. The largest absolute Gasteiger partial charge is 0.289 e. The first-order valence-corrected chi connectivity index (χ1v) is 13.3. The summed E-state index contributed by atoms with van der Waals surface area (Å²) in [6.45, 7) is 0. The average Bonchev–Trinajstić information content (AvgIpc) is 3.31. The third-order valence-corrected chi connectivity index (χ3v) is 7.04. The Balaban J connectivity index is 1.50. The minimum Gasteiger partial charge on any atom is -0.289 e. The molecule has 6 rings (SSSR count). The van der Waals surface area contributed by atoms with E-state index in [1.807, 2.05) is 78.9 Å². The fraction of sp³-hybridized carbons (Fsp3) is 0.0263. The molecule has 0 N–H and O–H groups in total. The van der Waals surface area contributed by atoms with Gasteiger partial charge in [0.25, 0.3) is 0 Å². The Morgan fingerprint density at radius 3 is 1.38 bits per heavy atom. The zero-order valence-electron chi connectivity index (χ0n) is 21.6. The molecule has 5 aromatic rings. The van der Waals surface area contributed by atoms with E-state index in [9.17, 15) is 4.79 Å². The molecule has 1 heteroatoms. The molecule has 0 atom stereocenters. The zero-order chi connectivity index (χ0) is 26.4. The second kappa shape index (κ2) is 11.2. The maximum Gasteiger partial charge on any atom is 0.193 e. The first-order chi connectivity index (χ1) is 19.2. The summed E-state index contributed by atoms with van der Waals surface area (Å²) >= 11 is 0. The van der Waals surface area contributed by atoms with Crippen LogP contribution in [0.5, 0.6) is 0 Å². The molecule has 1 aliphatic rings. The Kier molecular flexibility index (Phi) is 6.97. The SMILES string of the molecule is O=C(c1cc(C2=CCC=CC=C2)cc(-c2ccccc2)c1)c1cc(-c2ccccc2)cc(-c2ccccc2)c1. The van der Waals surface area contributed by atoms with Gasteiger partial charge in [-0.2, -0.15) is 0 Å². The molecule has 0 unspecified atom stereocenters. The zero-order valence-corrected chi connectivity index (χ0v) is 21.6. The van der Waals surface area contributed by atoms with Crippen molar-refractivity contribution in [1.82, 2.24) is 0 Å². The van der Waals surface area contributed by atoms with Crippen LogP contribution >= 0.6 is 0 Å². The molecule has 1 nitrogen and oxygen atoms in total. The molecule has 0 radical (unpaired) electrons. The van der Waals surface area contributed by atoms with Gasteiger partial charge in [0.2, 0.25) is 0 Å². The molecule has 0 fully saturated rings. The minimum atomic E-state index is 0.0142. The molecule has 0 spiro atoms. The van der Waals surface area contributed by atoms with Crippen LogP contribution in [0, 0.1) is 0 Å². The van der Waals surface area contributed by atoms with E-state index in [4.69, 9.17) is 0 Å². The first kappa shape index (κ1) is 24.3. The van der Waals surface area contributed by atoms with Crippen molar-refractivity contribution in [2.45, 2.75) is 6.42 Å². The Morgan fingerprint density at radius 2 is 0.897 bits per heavy atom. The highest BCUT2D eigenvalue weighted by molar-refractivity contribution is 6.11. The lowest BCUT2D eigenvalue weighted by atomic mass is 9.90. The number of carbonyl (C=O) groups is 1. The molecule has 1 aliphatic carbocycles. The number of benzene rings is 5. The van der Waals surface area contributed by atoms with E-state index in [2.05, 4.69) is 78.9 Å². The fourth-order valence-corrected chi connectivity index (χ4v) is 5.04. The van der Waals surface area contributed by atoms with Crippen molar-refractivity contribution in [3.05, 3.63) is 174 Å². The van der Waals surface area contributed by atoms with Crippen molar-refractivity contribution in [1.29, 1.82) is 0 Å². The van der Waals surface area contributed by atoms with Gasteiger partial charge in [-0.3, -0.25) is 4.79 Å². The van der Waals surface area contributed by atoms with Gasteiger partial charge >= 0.3 is 0 Å². The quantitative estimate of drug-likeness (QED) is 0.212. The molecular formula is C38H28O. The average molecular weight is 501 g/mol. The predicted molar refractivity (Wildman–Crippen MR) is 163 cm³/mol. The van der Waals surface area contributed by atoms with Crippen molar-refractivity contribution in [2.24, 2.45) is 0 Å². The highest BCUT2D eigenvalue weighted by Crippen LogP contribution is 2.32. The van der Waals surface area contributed by atoms with E-state index in [-0.39, 0.29) is 5.78 Å². The van der Waals surface area contributed by atoms with E-state index >= 15 is 0 Å². The van der Waals surface area contributed by atoms with Gasteiger partial charge in [-0.15, -0.1) is 0 Å². The summed E-state index contributed by atoms with van der Waals surface area (Å²) in [5, 5.41) is 0. The van der Waals surface area contributed by atoms with Crippen LogP contribution in [-0.2, 0) is 0 Å². The van der Waals surface area contributed by atoms with Crippen LogP contribution in [0.25, 0.3) is 39.0 Å². The number of rotatable bonds is 6. The highest BCUT2D eigenvalue weighted by atomic mass is 16.1. The Labute approximate surface area is 230 Å². The molecule has 0 saturated heterocycles. The number of hydrogen-bond donors (Lipinski definition) is 0. The highest BCUT2D eigenvalue weighted by Gasteiger charge is 2.16. The maximum atomic E-state index is 14.3. The second-order valence-corrected chi connectivity index (χ2v) is 9.71.